The minimum Gasteiger partial charge on any atom is -0.497 e. The van der Waals surface area contributed by atoms with E-state index in [1.54, 1.807) is 14.0 Å². The summed E-state index contributed by atoms with van der Waals surface area (Å²) in [6.45, 7) is 2.23. The summed E-state index contributed by atoms with van der Waals surface area (Å²) in [5.41, 5.74) is 4.13. The van der Waals surface area contributed by atoms with Gasteiger partial charge in [-0.1, -0.05) is 31.9 Å². The molecule has 0 aliphatic rings. The van der Waals surface area contributed by atoms with Crippen molar-refractivity contribution < 1.29 is 9.84 Å². The summed E-state index contributed by atoms with van der Waals surface area (Å²) in [6.07, 6.45) is -0.433. The number of fused-ring (bicyclic) bond motifs is 3. The van der Waals surface area contributed by atoms with Crippen LogP contribution >= 0.6 is 31.9 Å². The highest BCUT2D eigenvalue weighted by Crippen LogP contribution is 2.36. The standard InChI is InChI=1S/C22H20Br2N2O2/c1-13(27)12-25-16-9-17(11-18(10-16)28-2)26-21-5-3-14(23)7-19(21)20-8-15(24)4-6-22(20)26/h3-11,13,25,27H,12H2,1-2H3. The van der Waals surface area contributed by atoms with E-state index in [2.05, 4.69) is 84.2 Å². The molecule has 0 amide bonds. The maximum Gasteiger partial charge on any atom is 0.123 e. The second-order valence-corrected chi connectivity index (χ2v) is 8.64. The van der Waals surface area contributed by atoms with Crippen molar-refractivity contribution in [1.82, 2.24) is 4.57 Å². The number of ether oxygens (including phenoxy) is 1. The fourth-order valence-corrected chi connectivity index (χ4v) is 4.17. The molecule has 0 spiro atoms. The minimum absolute atomic E-state index is 0.433. The fraction of sp³-hybridized carbons (Fsp3) is 0.182. The van der Waals surface area contributed by atoms with E-state index in [-0.39, 0.29) is 0 Å². The Morgan fingerprint density at radius 3 is 2.11 bits per heavy atom. The summed E-state index contributed by atoms with van der Waals surface area (Å²) in [7, 11) is 1.66. The van der Waals surface area contributed by atoms with Crippen LogP contribution in [0, 0.1) is 0 Å². The molecule has 0 saturated heterocycles. The number of halogens is 2. The molecule has 1 atom stereocenters. The number of aliphatic hydroxyl groups excluding tert-OH is 1. The molecule has 1 aromatic heterocycles. The average molecular weight is 504 g/mol. The van der Waals surface area contributed by atoms with E-state index in [4.69, 9.17) is 4.74 Å². The SMILES string of the molecule is COc1cc(NCC(C)O)cc(-n2c3ccc(Br)cc3c3cc(Br)ccc32)c1. The molecule has 4 rings (SSSR count). The zero-order valence-corrected chi connectivity index (χ0v) is 18.7. The predicted octanol–water partition coefficient (Wildman–Crippen LogP) is 6.11. The van der Waals surface area contributed by atoms with Crippen molar-refractivity contribution >= 4 is 59.4 Å². The molecule has 0 aliphatic heterocycles. The number of aromatic nitrogens is 1. The Morgan fingerprint density at radius 2 is 1.57 bits per heavy atom. The number of nitrogens with zero attached hydrogens (tertiary/aromatic N) is 1. The van der Waals surface area contributed by atoms with E-state index >= 15 is 0 Å². The van der Waals surface area contributed by atoms with Gasteiger partial charge in [0.1, 0.15) is 5.75 Å². The van der Waals surface area contributed by atoms with Crippen molar-refractivity contribution in [3.63, 3.8) is 0 Å². The van der Waals surface area contributed by atoms with Gasteiger partial charge in [0.15, 0.2) is 0 Å². The molecule has 0 bridgehead atoms. The van der Waals surface area contributed by atoms with Crippen LogP contribution in [0.25, 0.3) is 27.5 Å². The summed E-state index contributed by atoms with van der Waals surface area (Å²) in [4.78, 5) is 0. The van der Waals surface area contributed by atoms with Crippen molar-refractivity contribution in [2.45, 2.75) is 13.0 Å². The van der Waals surface area contributed by atoms with Crippen molar-refractivity contribution in [3.8, 4) is 11.4 Å². The number of nitrogens with one attached hydrogen (secondary N) is 1. The first-order valence-electron chi connectivity index (χ1n) is 8.97. The van der Waals surface area contributed by atoms with Crippen LogP contribution in [0.2, 0.25) is 0 Å². The van der Waals surface area contributed by atoms with E-state index in [1.165, 1.54) is 10.8 Å². The van der Waals surface area contributed by atoms with Crippen molar-refractivity contribution in [1.29, 1.82) is 0 Å². The van der Waals surface area contributed by atoms with Gasteiger partial charge in [-0.2, -0.15) is 0 Å². The zero-order chi connectivity index (χ0) is 19.8. The lowest BCUT2D eigenvalue weighted by atomic mass is 10.2. The van der Waals surface area contributed by atoms with Crippen LogP contribution in [0.3, 0.4) is 0 Å². The largest absolute Gasteiger partial charge is 0.497 e. The number of benzene rings is 3. The van der Waals surface area contributed by atoms with E-state index in [0.29, 0.717) is 6.54 Å². The van der Waals surface area contributed by atoms with Crippen LogP contribution in [0.5, 0.6) is 5.75 Å². The number of hydrogen-bond acceptors (Lipinski definition) is 3. The third kappa shape index (κ3) is 3.64. The molecule has 0 fully saturated rings. The molecule has 2 N–H and O–H groups in total. The van der Waals surface area contributed by atoms with Crippen LogP contribution in [0.4, 0.5) is 5.69 Å². The molecule has 1 unspecified atom stereocenters. The number of anilines is 1. The zero-order valence-electron chi connectivity index (χ0n) is 15.5. The lowest BCUT2D eigenvalue weighted by Crippen LogP contribution is -2.15. The Labute approximate surface area is 180 Å². The molecule has 144 valence electrons. The monoisotopic (exact) mass is 502 g/mol. The van der Waals surface area contributed by atoms with E-state index in [0.717, 1.165) is 37.1 Å². The van der Waals surface area contributed by atoms with Gasteiger partial charge in [0.05, 0.1) is 29.9 Å². The van der Waals surface area contributed by atoms with E-state index in [9.17, 15) is 5.11 Å². The number of aliphatic hydroxyl groups is 1. The number of methoxy groups -OCH3 is 1. The molecule has 3 aromatic carbocycles. The molecular formula is C22H20Br2N2O2. The smallest absolute Gasteiger partial charge is 0.123 e. The topological polar surface area (TPSA) is 46.4 Å². The maximum atomic E-state index is 9.62. The normalized spacial score (nSPS) is 12.5. The van der Waals surface area contributed by atoms with Gasteiger partial charge in [-0.25, -0.2) is 0 Å². The van der Waals surface area contributed by atoms with Crippen LogP contribution in [0.1, 0.15) is 6.92 Å². The molecule has 0 saturated carbocycles. The Morgan fingerprint density at radius 1 is 0.964 bits per heavy atom. The Balaban J connectivity index is 1.98. The first-order valence-corrected chi connectivity index (χ1v) is 10.6. The maximum absolute atomic E-state index is 9.62. The van der Waals surface area contributed by atoms with Crippen molar-refractivity contribution in [2.24, 2.45) is 0 Å². The Kier molecular flexibility index (Phi) is 5.36. The minimum atomic E-state index is -0.433. The highest BCUT2D eigenvalue weighted by molar-refractivity contribution is 9.10. The quantitative estimate of drug-likeness (QED) is 0.345. The van der Waals surface area contributed by atoms with Gasteiger partial charge in [0, 0.05) is 44.1 Å². The van der Waals surface area contributed by atoms with Crippen LogP contribution in [0.15, 0.2) is 63.5 Å². The first kappa shape index (κ1) is 19.3. The lowest BCUT2D eigenvalue weighted by Gasteiger charge is -2.14. The molecule has 0 radical (unpaired) electrons. The highest BCUT2D eigenvalue weighted by Gasteiger charge is 2.14. The van der Waals surface area contributed by atoms with Crippen LogP contribution in [-0.4, -0.2) is 29.4 Å². The van der Waals surface area contributed by atoms with Gasteiger partial charge in [0.25, 0.3) is 0 Å². The van der Waals surface area contributed by atoms with Crippen LogP contribution < -0.4 is 10.1 Å². The number of rotatable bonds is 5. The highest BCUT2D eigenvalue weighted by atomic mass is 79.9. The van der Waals surface area contributed by atoms with E-state index < -0.39 is 6.10 Å². The van der Waals surface area contributed by atoms with Gasteiger partial charge in [-0.15, -0.1) is 0 Å². The molecular weight excluding hydrogens is 484 g/mol. The van der Waals surface area contributed by atoms with Crippen molar-refractivity contribution in [3.05, 3.63) is 63.5 Å². The molecule has 28 heavy (non-hydrogen) atoms. The Bertz CT molecular complexity index is 1110. The van der Waals surface area contributed by atoms with Gasteiger partial charge in [0.2, 0.25) is 0 Å². The third-order valence-electron chi connectivity index (χ3n) is 4.68. The molecule has 0 aliphatic carbocycles. The number of hydrogen-bond donors (Lipinski definition) is 2. The lowest BCUT2D eigenvalue weighted by molar-refractivity contribution is 0.208. The molecule has 6 heteroatoms. The molecule has 4 aromatic rings. The summed E-state index contributed by atoms with van der Waals surface area (Å²) in [5.74, 6) is 0.759. The summed E-state index contributed by atoms with van der Waals surface area (Å²) in [5, 5.41) is 15.2. The van der Waals surface area contributed by atoms with E-state index in [1.807, 2.05) is 12.1 Å². The van der Waals surface area contributed by atoms with Gasteiger partial charge >= 0.3 is 0 Å². The summed E-state index contributed by atoms with van der Waals surface area (Å²) in [6, 6.07) is 18.7. The second kappa shape index (κ2) is 7.78. The van der Waals surface area contributed by atoms with Crippen LogP contribution in [-0.2, 0) is 0 Å². The van der Waals surface area contributed by atoms with Crippen molar-refractivity contribution in [2.75, 3.05) is 19.0 Å². The van der Waals surface area contributed by atoms with Gasteiger partial charge in [-0.05, 0) is 49.4 Å². The van der Waals surface area contributed by atoms with Gasteiger partial charge in [-0.3, -0.25) is 0 Å². The van der Waals surface area contributed by atoms with Gasteiger partial charge < -0.3 is 19.7 Å². The fourth-order valence-electron chi connectivity index (χ4n) is 3.44. The summed E-state index contributed by atoms with van der Waals surface area (Å²) < 4.78 is 9.86. The second-order valence-electron chi connectivity index (χ2n) is 6.81. The predicted molar refractivity (Wildman–Crippen MR) is 123 cm³/mol. The first-order chi connectivity index (χ1) is 13.5. The Hall–Kier alpha value is -2.02. The third-order valence-corrected chi connectivity index (χ3v) is 5.66. The molecule has 1 heterocycles. The average Bonchev–Trinajstić information content (AvgIpc) is 2.99. The summed E-state index contributed by atoms with van der Waals surface area (Å²) >= 11 is 7.19. The molecule has 4 nitrogen and oxygen atoms in total.